The molecule has 27 heavy (non-hydrogen) atoms. The highest BCUT2D eigenvalue weighted by Crippen LogP contribution is 2.20. The molecule has 0 radical (unpaired) electrons. The van der Waals surface area contributed by atoms with Gasteiger partial charge in [-0.25, -0.2) is 4.39 Å². The van der Waals surface area contributed by atoms with Gasteiger partial charge in [0.25, 0.3) is 5.91 Å². The normalized spacial score (nSPS) is 11.1. The van der Waals surface area contributed by atoms with E-state index in [-0.39, 0.29) is 18.1 Å². The number of halogens is 1. The second-order valence-corrected chi connectivity index (χ2v) is 6.75. The average molecular weight is 373 g/mol. The third kappa shape index (κ3) is 6.40. The number of hydrogen-bond acceptors (Lipinski definition) is 3. The SMILES string of the molecule is CC(C)(Oc1ccc(CCC(=O)O)cc1)C(=O)NCCc1ccccc1F. The van der Waals surface area contributed by atoms with Crippen LogP contribution in [0.1, 0.15) is 31.4 Å². The van der Waals surface area contributed by atoms with Crippen LogP contribution in [-0.2, 0) is 22.4 Å². The van der Waals surface area contributed by atoms with E-state index in [1.165, 1.54) is 6.07 Å². The summed E-state index contributed by atoms with van der Waals surface area (Å²) in [5, 5.41) is 11.5. The Hall–Kier alpha value is -2.89. The first-order chi connectivity index (χ1) is 12.8. The Morgan fingerprint density at radius 3 is 2.37 bits per heavy atom. The Morgan fingerprint density at radius 2 is 1.74 bits per heavy atom. The number of carboxylic acid groups (broad SMARTS) is 1. The van der Waals surface area contributed by atoms with Gasteiger partial charge in [-0.2, -0.15) is 0 Å². The number of aryl methyl sites for hydroxylation is 1. The lowest BCUT2D eigenvalue weighted by atomic mass is 10.1. The summed E-state index contributed by atoms with van der Waals surface area (Å²) in [7, 11) is 0. The van der Waals surface area contributed by atoms with Crippen LogP contribution in [0.4, 0.5) is 4.39 Å². The zero-order valence-electron chi connectivity index (χ0n) is 15.5. The van der Waals surface area contributed by atoms with Crippen molar-refractivity contribution < 1.29 is 23.8 Å². The molecule has 0 spiro atoms. The first kappa shape index (κ1) is 20.4. The maximum Gasteiger partial charge on any atom is 0.303 e. The topological polar surface area (TPSA) is 75.6 Å². The molecule has 2 rings (SSSR count). The van der Waals surface area contributed by atoms with Crippen molar-refractivity contribution in [2.75, 3.05) is 6.54 Å². The van der Waals surface area contributed by atoms with E-state index in [4.69, 9.17) is 9.84 Å². The number of ether oxygens (including phenoxy) is 1. The molecule has 0 fully saturated rings. The highest BCUT2D eigenvalue weighted by molar-refractivity contribution is 5.84. The number of benzene rings is 2. The number of carbonyl (C=O) groups is 2. The molecule has 0 aliphatic carbocycles. The molecule has 2 aromatic rings. The molecule has 0 unspecified atom stereocenters. The van der Waals surface area contributed by atoms with Gasteiger partial charge in [-0.05, 0) is 56.0 Å². The minimum atomic E-state index is -1.10. The van der Waals surface area contributed by atoms with Crippen LogP contribution in [-0.4, -0.2) is 29.1 Å². The smallest absolute Gasteiger partial charge is 0.303 e. The van der Waals surface area contributed by atoms with Gasteiger partial charge >= 0.3 is 5.97 Å². The quantitative estimate of drug-likeness (QED) is 0.707. The molecule has 0 heterocycles. The van der Waals surface area contributed by atoms with Gasteiger partial charge in [-0.1, -0.05) is 30.3 Å². The van der Waals surface area contributed by atoms with Crippen LogP contribution in [0.25, 0.3) is 0 Å². The number of amides is 1. The van der Waals surface area contributed by atoms with Gasteiger partial charge in [0.1, 0.15) is 11.6 Å². The third-order valence-electron chi connectivity index (χ3n) is 4.11. The highest BCUT2D eigenvalue weighted by Gasteiger charge is 2.29. The molecule has 5 nitrogen and oxygen atoms in total. The van der Waals surface area contributed by atoms with E-state index < -0.39 is 11.6 Å². The Bertz CT molecular complexity index is 787. The third-order valence-corrected chi connectivity index (χ3v) is 4.11. The fraction of sp³-hybridized carbons (Fsp3) is 0.333. The molecular formula is C21H24FNO4. The molecule has 2 N–H and O–H groups in total. The zero-order valence-corrected chi connectivity index (χ0v) is 15.5. The van der Waals surface area contributed by atoms with Crippen LogP contribution in [0.3, 0.4) is 0 Å². The van der Waals surface area contributed by atoms with E-state index in [1.54, 1.807) is 56.3 Å². The van der Waals surface area contributed by atoms with Gasteiger partial charge in [-0.15, -0.1) is 0 Å². The molecule has 144 valence electrons. The molecule has 2 aromatic carbocycles. The van der Waals surface area contributed by atoms with Crippen molar-refractivity contribution in [1.82, 2.24) is 5.32 Å². The van der Waals surface area contributed by atoms with Crippen molar-refractivity contribution >= 4 is 11.9 Å². The van der Waals surface area contributed by atoms with Crippen LogP contribution >= 0.6 is 0 Å². The average Bonchev–Trinajstić information content (AvgIpc) is 2.62. The fourth-order valence-electron chi connectivity index (χ4n) is 2.54. The van der Waals surface area contributed by atoms with Crippen molar-refractivity contribution in [2.45, 2.75) is 38.7 Å². The molecule has 0 bridgehead atoms. The summed E-state index contributed by atoms with van der Waals surface area (Å²) < 4.78 is 19.4. The summed E-state index contributed by atoms with van der Waals surface area (Å²) in [6, 6.07) is 13.5. The summed E-state index contributed by atoms with van der Waals surface area (Å²) in [4.78, 5) is 23.0. The number of hydrogen-bond donors (Lipinski definition) is 2. The standard InChI is InChI=1S/C21H24FNO4/c1-21(2,20(26)23-14-13-16-5-3-4-6-18(16)22)27-17-10-7-15(8-11-17)9-12-19(24)25/h3-8,10-11H,9,12-14H2,1-2H3,(H,23,26)(H,24,25). The largest absolute Gasteiger partial charge is 0.481 e. The van der Waals surface area contributed by atoms with Gasteiger partial charge in [-0.3, -0.25) is 9.59 Å². The summed E-state index contributed by atoms with van der Waals surface area (Å²) >= 11 is 0. The maximum absolute atomic E-state index is 13.6. The van der Waals surface area contributed by atoms with Crippen LogP contribution in [0.2, 0.25) is 0 Å². The molecule has 1 amide bonds. The molecular weight excluding hydrogens is 349 g/mol. The lowest BCUT2D eigenvalue weighted by molar-refractivity contribution is -0.137. The number of aliphatic carboxylic acids is 1. The molecule has 0 aromatic heterocycles. The fourth-order valence-corrected chi connectivity index (χ4v) is 2.54. The summed E-state index contributed by atoms with van der Waals surface area (Å²) in [6.07, 6.45) is 0.901. The first-order valence-corrected chi connectivity index (χ1v) is 8.79. The highest BCUT2D eigenvalue weighted by atomic mass is 19.1. The Labute approximate surface area is 158 Å². The number of carbonyl (C=O) groups excluding carboxylic acids is 1. The minimum absolute atomic E-state index is 0.0656. The molecule has 0 saturated heterocycles. The summed E-state index contributed by atoms with van der Waals surface area (Å²) in [5.74, 6) is -0.911. The first-order valence-electron chi connectivity index (χ1n) is 8.79. The Balaban J connectivity index is 1.86. The zero-order chi connectivity index (χ0) is 19.9. The van der Waals surface area contributed by atoms with Crippen LogP contribution in [0, 0.1) is 5.82 Å². The van der Waals surface area contributed by atoms with E-state index in [9.17, 15) is 14.0 Å². The number of carboxylic acids is 1. The number of nitrogens with one attached hydrogen (secondary N) is 1. The second kappa shape index (κ2) is 9.16. The van der Waals surface area contributed by atoms with Crippen molar-refractivity contribution in [3.05, 3.63) is 65.5 Å². The lowest BCUT2D eigenvalue weighted by Crippen LogP contribution is -2.47. The van der Waals surface area contributed by atoms with Gasteiger partial charge in [0, 0.05) is 13.0 Å². The summed E-state index contributed by atoms with van der Waals surface area (Å²) in [5.41, 5.74) is 0.336. The van der Waals surface area contributed by atoms with Crippen LogP contribution in [0.5, 0.6) is 5.75 Å². The summed E-state index contributed by atoms with van der Waals surface area (Å²) in [6.45, 7) is 3.62. The van der Waals surface area contributed by atoms with Crippen molar-refractivity contribution in [2.24, 2.45) is 0 Å². The maximum atomic E-state index is 13.6. The van der Waals surface area contributed by atoms with Gasteiger partial charge in [0.05, 0.1) is 0 Å². The molecule has 0 atom stereocenters. The van der Waals surface area contributed by atoms with Gasteiger partial charge in [0.15, 0.2) is 5.60 Å². The predicted octanol–water partition coefficient (Wildman–Crippen LogP) is 3.36. The van der Waals surface area contributed by atoms with Gasteiger partial charge < -0.3 is 15.2 Å². The van der Waals surface area contributed by atoms with E-state index in [0.717, 1.165) is 5.56 Å². The molecule has 0 saturated carbocycles. The monoisotopic (exact) mass is 373 g/mol. The van der Waals surface area contributed by atoms with Crippen LogP contribution in [0.15, 0.2) is 48.5 Å². The lowest BCUT2D eigenvalue weighted by Gasteiger charge is -2.25. The number of rotatable bonds is 9. The predicted molar refractivity (Wildman–Crippen MR) is 100 cm³/mol. The van der Waals surface area contributed by atoms with Crippen LogP contribution < -0.4 is 10.1 Å². The molecule has 0 aliphatic rings. The van der Waals surface area contributed by atoms with Gasteiger partial charge in [0.2, 0.25) is 0 Å². The minimum Gasteiger partial charge on any atom is -0.481 e. The Morgan fingerprint density at radius 1 is 1.07 bits per heavy atom. The van der Waals surface area contributed by atoms with E-state index in [1.807, 2.05) is 0 Å². The Kier molecular flexibility index (Phi) is 6.93. The van der Waals surface area contributed by atoms with Crippen molar-refractivity contribution in [3.63, 3.8) is 0 Å². The van der Waals surface area contributed by atoms with Crippen molar-refractivity contribution in [1.29, 1.82) is 0 Å². The van der Waals surface area contributed by atoms with E-state index in [2.05, 4.69) is 5.32 Å². The van der Waals surface area contributed by atoms with Crippen molar-refractivity contribution in [3.8, 4) is 5.75 Å². The van der Waals surface area contributed by atoms with E-state index >= 15 is 0 Å². The molecule has 0 aliphatic heterocycles. The second-order valence-electron chi connectivity index (χ2n) is 6.75. The van der Waals surface area contributed by atoms with E-state index in [0.29, 0.717) is 30.7 Å². The molecule has 6 heteroatoms.